The molecular formula is C19H15N3O4S. The lowest BCUT2D eigenvalue weighted by Crippen LogP contribution is -2.29. The molecule has 136 valence electrons. The van der Waals surface area contributed by atoms with Gasteiger partial charge in [0.1, 0.15) is 5.75 Å². The van der Waals surface area contributed by atoms with Crippen LogP contribution in [0.1, 0.15) is 15.9 Å². The van der Waals surface area contributed by atoms with E-state index in [1.165, 1.54) is 17.0 Å². The van der Waals surface area contributed by atoms with Gasteiger partial charge in [-0.1, -0.05) is 12.1 Å². The minimum Gasteiger partial charge on any atom is -0.508 e. The summed E-state index contributed by atoms with van der Waals surface area (Å²) in [5, 5.41) is 19.2. The zero-order valence-electron chi connectivity index (χ0n) is 14.1. The Bertz CT molecular complexity index is 970. The van der Waals surface area contributed by atoms with Gasteiger partial charge in [0.15, 0.2) is 5.17 Å². The Kier molecular flexibility index (Phi) is 5.37. The molecule has 0 saturated carbocycles. The molecule has 1 saturated heterocycles. The van der Waals surface area contributed by atoms with Crippen LogP contribution >= 0.6 is 11.8 Å². The molecule has 2 aromatic rings. The molecule has 0 spiro atoms. The first-order chi connectivity index (χ1) is 13.0. The van der Waals surface area contributed by atoms with E-state index in [9.17, 15) is 19.8 Å². The maximum Gasteiger partial charge on any atom is 0.338 e. The van der Waals surface area contributed by atoms with E-state index in [0.717, 1.165) is 23.4 Å². The number of hydrogen-bond acceptors (Lipinski definition) is 6. The number of carboxylic acid groups (broad SMARTS) is 1. The smallest absolute Gasteiger partial charge is 0.338 e. The largest absolute Gasteiger partial charge is 0.508 e. The Morgan fingerprint density at radius 1 is 1.37 bits per heavy atom. The fourth-order valence-corrected chi connectivity index (χ4v) is 3.39. The zero-order chi connectivity index (χ0) is 19.4. The third kappa shape index (κ3) is 4.06. The van der Waals surface area contributed by atoms with Crippen LogP contribution in [0.25, 0.3) is 6.08 Å². The summed E-state index contributed by atoms with van der Waals surface area (Å²) in [6.45, 7) is 3.88. The van der Waals surface area contributed by atoms with Crippen LogP contribution in [-0.2, 0) is 4.79 Å². The van der Waals surface area contributed by atoms with Crippen LogP contribution in [0.4, 0.5) is 5.69 Å². The number of carbonyl (C=O) groups is 2. The summed E-state index contributed by atoms with van der Waals surface area (Å²) in [6, 6.07) is 7.45. The number of rotatable bonds is 5. The lowest BCUT2D eigenvalue weighted by Gasteiger charge is -2.13. The normalized spacial score (nSPS) is 16.9. The van der Waals surface area contributed by atoms with Crippen molar-refractivity contribution in [3.8, 4) is 5.75 Å². The maximum atomic E-state index is 12.7. The van der Waals surface area contributed by atoms with Gasteiger partial charge in [-0.2, -0.15) is 0 Å². The van der Waals surface area contributed by atoms with Gasteiger partial charge in [-0.25, -0.2) is 9.79 Å². The third-order valence-electron chi connectivity index (χ3n) is 3.61. The van der Waals surface area contributed by atoms with Gasteiger partial charge in [0.05, 0.1) is 16.2 Å². The molecule has 1 aliphatic heterocycles. The minimum absolute atomic E-state index is 0.146. The lowest BCUT2D eigenvalue weighted by molar-refractivity contribution is -0.121. The predicted molar refractivity (Wildman–Crippen MR) is 104 cm³/mol. The van der Waals surface area contributed by atoms with Crippen molar-refractivity contribution >= 4 is 40.6 Å². The number of carbonyl (C=O) groups excluding carboxylic acids is 1. The standard InChI is InChI=1S/C19H15N3O4S/c1-2-8-22-17(24)16(9-12-4-3-7-20-11-12)27-19(22)21-15-6-5-13(23)10-14(15)18(25)26/h2-7,9-11,23H,1,8H2,(H,25,26)/b16-9-,21-19?. The summed E-state index contributed by atoms with van der Waals surface area (Å²) in [5.41, 5.74) is 0.759. The molecule has 8 heteroatoms. The number of aromatic carboxylic acids is 1. The molecule has 1 aromatic heterocycles. The van der Waals surface area contributed by atoms with Gasteiger partial charge in [-0.3, -0.25) is 14.7 Å². The molecule has 2 N–H and O–H groups in total. The zero-order valence-corrected chi connectivity index (χ0v) is 14.9. The van der Waals surface area contributed by atoms with E-state index in [2.05, 4.69) is 16.6 Å². The van der Waals surface area contributed by atoms with E-state index < -0.39 is 5.97 Å². The van der Waals surface area contributed by atoms with Crippen molar-refractivity contribution in [2.24, 2.45) is 4.99 Å². The number of amidine groups is 1. The molecular weight excluding hydrogens is 366 g/mol. The van der Waals surface area contributed by atoms with Crippen molar-refractivity contribution in [2.75, 3.05) is 6.54 Å². The summed E-state index contributed by atoms with van der Waals surface area (Å²) >= 11 is 1.14. The number of benzene rings is 1. The number of aliphatic imine (C=N–C) groups is 1. The molecule has 0 radical (unpaired) electrons. The van der Waals surface area contributed by atoms with E-state index >= 15 is 0 Å². The van der Waals surface area contributed by atoms with E-state index in [1.807, 2.05) is 6.07 Å². The van der Waals surface area contributed by atoms with Crippen LogP contribution < -0.4 is 0 Å². The molecule has 1 fully saturated rings. The minimum atomic E-state index is -1.22. The van der Waals surface area contributed by atoms with Crippen molar-refractivity contribution in [3.05, 3.63) is 71.4 Å². The molecule has 0 atom stereocenters. The van der Waals surface area contributed by atoms with Crippen LogP contribution in [0.3, 0.4) is 0 Å². The number of phenols is 1. The molecule has 1 aliphatic rings. The van der Waals surface area contributed by atoms with Crippen LogP contribution in [0.5, 0.6) is 5.75 Å². The van der Waals surface area contributed by atoms with Crippen LogP contribution in [0, 0.1) is 0 Å². The third-order valence-corrected chi connectivity index (χ3v) is 4.62. The highest BCUT2D eigenvalue weighted by Crippen LogP contribution is 2.35. The molecule has 1 amide bonds. The highest BCUT2D eigenvalue weighted by Gasteiger charge is 2.33. The second-order valence-corrected chi connectivity index (χ2v) is 6.51. The molecule has 0 aliphatic carbocycles. The van der Waals surface area contributed by atoms with Gasteiger partial charge in [0.2, 0.25) is 0 Å². The van der Waals surface area contributed by atoms with Gasteiger partial charge in [-0.05, 0) is 47.7 Å². The van der Waals surface area contributed by atoms with Gasteiger partial charge < -0.3 is 10.2 Å². The number of nitrogens with zero attached hydrogens (tertiary/aromatic N) is 3. The second kappa shape index (κ2) is 7.88. The summed E-state index contributed by atoms with van der Waals surface area (Å²) < 4.78 is 0. The summed E-state index contributed by atoms with van der Waals surface area (Å²) in [5.74, 6) is -1.65. The lowest BCUT2D eigenvalue weighted by atomic mass is 10.2. The molecule has 27 heavy (non-hydrogen) atoms. The summed E-state index contributed by atoms with van der Waals surface area (Å²) in [7, 11) is 0. The number of hydrogen-bond donors (Lipinski definition) is 2. The van der Waals surface area contributed by atoms with Gasteiger partial charge >= 0.3 is 5.97 Å². The first-order valence-corrected chi connectivity index (χ1v) is 8.68. The van der Waals surface area contributed by atoms with Gasteiger partial charge in [-0.15, -0.1) is 6.58 Å². The van der Waals surface area contributed by atoms with Gasteiger partial charge in [0.25, 0.3) is 5.91 Å². The Morgan fingerprint density at radius 3 is 2.85 bits per heavy atom. The van der Waals surface area contributed by atoms with E-state index in [1.54, 1.807) is 30.6 Å². The van der Waals surface area contributed by atoms with Gasteiger partial charge in [0, 0.05) is 18.9 Å². The topological polar surface area (TPSA) is 103 Å². The van der Waals surface area contributed by atoms with Crippen LogP contribution in [0.15, 0.2) is 65.3 Å². The monoisotopic (exact) mass is 381 g/mol. The fraction of sp³-hybridized carbons (Fsp3) is 0.0526. The Balaban J connectivity index is 2.03. The number of amides is 1. The quantitative estimate of drug-likeness (QED) is 0.609. The SMILES string of the molecule is C=CCN1C(=O)/C(=C/c2cccnc2)SC1=Nc1ccc(O)cc1C(=O)O. The number of aromatic hydroxyl groups is 1. The first kappa shape index (κ1) is 18.4. The van der Waals surface area contributed by atoms with Crippen molar-refractivity contribution in [3.63, 3.8) is 0 Å². The predicted octanol–water partition coefficient (Wildman–Crippen LogP) is 3.28. The average Bonchev–Trinajstić information content (AvgIpc) is 2.93. The summed E-state index contributed by atoms with van der Waals surface area (Å²) in [6.07, 6.45) is 6.54. The summed E-state index contributed by atoms with van der Waals surface area (Å²) in [4.78, 5) is 34.4. The first-order valence-electron chi connectivity index (χ1n) is 7.87. The van der Waals surface area contributed by atoms with Crippen LogP contribution in [-0.4, -0.2) is 43.7 Å². The molecule has 3 rings (SSSR count). The van der Waals surface area contributed by atoms with Crippen molar-refractivity contribution in [1.82, 2.24) is 9.88 Å². The fourth-order valence-electron chi connectivity index (χ4n) is 2.39. The second-order valence-electron chi connectivity index (χ2n) is 5.50. The molecule has 0 unspecified atom stereocenters. The van der Waals surface area contributed by atoms with Crippen molar-refractivity contribution < 1.29 is 19.8 Å². The van der Waals surface area contributed by atoms with E-state index in [4.69, 9.17) is 0 Å². The van der Waals surface area contributed by atoms with E-state index in [-0.39, 0.29) is 29.5 Å². The van der Waals surface area contributed by atoms with Crippen molar-refractivity contribution in [1.29, 1.82) is 0 Å². The average molecular weight is 381 g/mol. The Labute approximate surface area is 159 Å². The number of carboxylic acids is 1. The molecule has 1 aromatic carbocycles. The molecule has 2 heterocycles. The van der Waals surface area contributed by atoms with Crippen LogP contribution in [0.2, 0.25) is 0 Å². The number of aromatic nitrogens is 1. The number of phenolic OH excluding ortho intramolecular Hbond substituents is 1. The number of pyridine rings is 1. The van der Waals surface area contributed by atoms with E-state index in [0.29, 0.717) is 10.1 Å². The molecule has 0 bridgehead atoms. The molecule has 7 nitrogen and oxygen atoms in total. The van der Waals surface area contributed by atoms with Crippen molar-refractivity contribution in [2.45, 2.75) is 0 Å². The number of thioether (sulfide) groups is 1. The maximum absolute atomic E-state index is 12.7. The Morgan fingerprint density at radius 2 is 2.19 bits per heavy atom. The highest BCUT2D eigenvalue weighted by molar-refractivity contribution is 8.18. The Hall–Kier alpha value is -3.39. The highest BCUT2D eigenvalue weighted by atomic mass is 32.2.